The second-order valence-electron chi connectivity index (χ2n) is 16.8. The Balaban J connectivity index is 1.55. The first-order chi connectivity index (χ1) is 23.0. The fourth-order valence-corrected chi connectivity index (χ4v) is 9.78. The molecule has 4 aliphatic rings. The summed E-state index contributed by atoms with van der Waals surface area (Å²) in [5.74, 6) is -3.88. The molecule has 4 N–H and O–H groups in total. The lowest BCUT2D eigenvalue weighted by Crippen LogP contribution is -2.64. The molecule has 4 rings (SSSR count). The van der Waals surface area contributed by atoms with E-state index in [1.165, 1.54) is 11.0 Å². The molecule has 50 heavy (non-hydrogen) atoms. The van der Waals surface area contributed by atoms with Crippen molar-refractivity contribution >= 4 is 62.6 Å². The molecule has 0 bridgehead atoms. The molecule has 0 spiro atoms. The molecule has 0 aromatic carbocycles. The van der Waals surface area contributed by atoms with Crippen LogP contribution in [0.1, 0.15) is 99.3 Å². The van der Waals surface area contributed by atoms with Gasteiger partial charge >= 0.3 is 6.03 Å². The predicted octanol–water partition coefficient (Wildman–Crippen LogP) is 3.79. The Kier molecular flexibility index (Phi) is 12.1. The third-order valence-electron chi connectivity index (χ3n) is 10.9. The van der Waals surface area contributed by atoms with Crippen LogP contribution in [-0.2, 0) is 29.0 Å². The van der Waals surface area contributed by atoms with E-state index in [2.05, 4.69) is 27.8 Å². The van der Waals surface area contributed by atoms with Gasteiger partial charge in [0.25, 0.3) is 5.91 Å². The fraction of sp³-hybridized carbons (Fsp3) is 0.800. The standard InChI is InChI=1S/C35H55Cl2N5O7S/c1-8-17-38-29(45)26(43)23(18-21-13-12-14-21)39-28(44)25-24-22(35(24,36)37)19-42(25)30(46)27(32(2,3)4)40-31(47)41-34(15-10-9-11-16-34)20-50(48,49)33(5,6)7/h8,21-25,27H,1,9-20H2,2-7H3,(H,38,45)(H,39,44)(H2,40,41,47)/t22-,23?,24-,25-,27+/m0/s1. The molecular formula is C35H55Cl2N5O7S. The van der Waals surface area contributed by atoms with Gasteiger partial charge in [0, 0.05) is 24.9 Å². The summed E-state index contributed by atoms with van der Waals surface area (Å²) < 4.78 is 24.3. The fourth-order valence-electron chi connectivity index (χ4n) is 7.43. The maximum absolute atomic E-state index is 14.4. The number of urea groups is 1. The lowest BCUT2D eigenvalue weighted by molar-refractivity contribution is -0.145. The molecule has 1 unspecified atom stereocenters. The van der Waals surface area contributed by atoms with Crippen LogP contribution in [0.4, 0.5) is 4.79 Å². The summed E-state index contributed by atoms with van der Waals surface area (Å²) in [5.41, 5.74) is -1.82. The van der Waals surface area contributed by atoms with E-state index < -0.39 is 89.4 Å². The van der Waals surface area contributed by atoms with E-state index in [1.54, 1.807) is 41.5 Å². The van der Waals surface area contributed by atoms with E-state index in [0.29, 0.717) is 12.8 Å². The van der Waals surface area contributed by atoms with Crippen molar-refractivity contribution < 1.29 is 32.4 Å². The van der Waals surface area contributed by atoms with E-state index in [-0.39, 0.29) is 31.2 Å². The zero-order valence-electron chi connectivity index (χ0n) is 30.2. The van der Waals surface area contributed by atoms with Crippen molar-refractivity contribution in [2.45, 2.75) is 132 Å². The number of rotatable bonds is 13. The number of halogens is 2. The van der Waals surface area contributed by atoms with Crippen LogP contribution in [0.15, 0.2) is 12.7 Å². The highest BCUT2D eigenvalue weighted by molar-refractivity contribution is 7.92. The Morgan fingerprint density at radius 2 is 1.58 bits per heavy atom. The molecule has 5 amide bonds. The molecule has 5 atom stereocenters. The van der Waals surface area contributed by atoms with E-state index >= 15 is 0 Å². The van der Waals surface area contributed by atoms with Crippen molar-refractivity contribution in [2.24, 2.45) is 23.2 Å². The van der Waals surface area contributed by atoms with E-state index in [0.717, 1.165) is 38.5 Å². The number of nitrogens with zero attached hydrogens (tertiary/aromatic N) is 1. The largest absolute Gasteiger partial charge is 0.346 e. The molecule has 12 nitrogen and oxygen atoms in total. The monoisotopic (exact) mass is 759 g/mol. The minimum Gasteiger partial charge on any atom is -0.346 e. The number of amides is 5. The second-order valence-corrected chi connectivity index (χ2v) is 21.0. The van der Waals surface area contributed by atoms with Gasteiger partial charge < -0.3 is 26.2 Å². The quantitative estimate of drug-likeness (QED) is 0.126. The Hall–Kier alpha value is -2.38. The van der Waals surface area contributed by atoms with Crippen molar-refractivity contribution in [1.29, 1.82) is 0 Å². The number of ketones is 1. The van der Waals surface area contributed by atoms with Crippen LogP contribution in [0, 0.1) is 23.2 Å². The molecule has 15 heteroatoms. The van der Waals surface area contributed by atoms with Gasteiger partial charge in [-0.2, -0.15) is 0 Å². The molecule has 0 radical (unpaired) electrons. The number of nitrogens with one attached hydrogen (secondary N) is 4. The van der Waals surface area contributed by atoms with Crippen molar-refractivity contribution in [2.75, 3.05) is 18.8 Å². The number of hydrogen-bond donors (Lipinski definition) is 4. The summed E-state index contributed by atoms with van der Waals surface area (Å²) in [4.78, 5) is 69.4. The Labute approximate surface area is 306 Å². The zero-order valence-corrected chi connectivity index (χ0v) is 32.5. The van der Waals surface area contributed by atoms with Gasteiger partial charge in [-0.15, -0.1) is 29.8 Å². The molecule has 1 saturated heterocycles. The number of carbonyl (C=O) groups excluding carboxylic acids is 5. The van der Waals surface area contributed by atoms with Crippen LogP contribution < -0.4 is 21.3 Å². The summed E-state index contributed by atoms with van der Waals surface area (Å²) in [6, 6.07) is -4.04. The van der Waals surface area contributed by atoms with Crippen molar-refractivity contribution in [3.63, 3.8) is 0 Å². The van der Waals surface area contributed by atoms with Crippen molar-refractivity contribution in [3.05, 3.63) is 12.7 Å². The van der Waals surface area contributed by atoms with E-state index in [9.17, 15) is 32.4 Å². The molecule has 282 valence electrons. The molecule has 0 aromatic heterocycles. The minimum atomic E-state index is -3.59. The first-order valence-corrected chi connectivity index (χ1v) is 20.2. The van der Waals surface area contributed by atoms with Crippen LogP contribution in [0.2, 0.25) is 0 Å². The maximum atomic E-state index is 14.4. The molecule has 4 fully saturated rings. The zero-order chi connectivity index (χ0) is 37.4. The average Bonchev–Trinajstić information content (AvgIpc) is 3.29. The summed E-state index contributed by atoms with van der Waals surface area (Å²) in [6.07, 6.45) is 7.91. The van der Waals surface area contributed by atoms with Crippen molar-refractivity contribution in [3.8, 4) is 0 Å². The highest BCUT2D eigenvalue weighted by Crippen LogP contribution is 2.65. The van der Waals surface area contributed by atoms with Crippen LogP contribution in [0.25, 0.3) is 0 Å². The first-order valence-electron chi connectivity index (χ1n) is 17.8. The van der Waals surface area contributed by atoms with Gasteiger partial charge in [0.1, 0.15) is 16.4 Å². The molecule has 3 aliphatic carbocycles. The number of sulfone groups is 1. The number of likely N-dealkylation sites (tertiary alicyclic amines) is 1. The third-order valence-corrected chi connectivity index (χ3v) is 14.8. The SMILES string of the molecule is C=CCNC(=O)C(=O)C(CC1CCC1)NC(=O)[C@@H]1[C@@H]2[C@H](CN1C(=O)[C@@H](NC(=O)NC1(CS(=O)(=O)C(C)(C)C)CCCCC1)C(C)(C)C)C2(Cl)Cl. The van der Waals surface area contributed by atoms with Gasteiger partial charge in [0.15, 0.2) is 9.84 Å². The van der Waals surface area contributed by atoms with Gasteiger partial charge in [-0.25, -0.2) is 13.2 Å². The van der Waals surface area contributed by atoms with E-state index in [1.807, 2.05) is 0 Å². The number of piperidine rings is 1. The van der Waals surface area contributed by atoms with Crippen LogP contribution in [-0.4, -0.2) is 94.4 Å². The lowest BCUT2D eigenvalue weighted by atomic mass is 9.80. The number of alkyl halides is 2. The van der Waals surface area contributed by atoms with Gasteiger partial charge in [-0.3, -0.25) is 19.2 Å². The van der Waals surface area contributed by atoms with Gasteiger partial charge in [-0.1, -0.05) is 65.4 Å². The average molecular weight is 761 g/mol. The summed E-state index contributed by atoms with van der Waals surface area (Å²) in [6.45, 7) is 14.0. The van der Waals surface area contributed by atoms with Gasteiger partial charge in [0.2, 0.25) is 17.6 Å². The topological polar surface area (TPSA) is 171 Å². The number of Topliss-reactive ketones (excluding diaryl/α,β-unsaturated/α-hetero) is 1. The molecule has 1 heterocycles. The third kappa shape index (κ3) is 8.80. The van der Waals surface area contributed by atoms with Crippen LogP contribution in [0.5, 0.6) is 0 Å². The van der Waals surface area contributed by atoms with Crippen LogP contribution in [0.3, 0.4) is 0 Å². The Morgan fingerprint density at radius 1 is 0.960 bits per heavy atom. The number of hydrogen-bond acceptors (Lipinski definition) is 7. The highest BCUT2D eigenvalue weighted by atomic mass is 35.5. The molecular weight excluding hydrogens is 705 g/mol. The van der Waals surface area contributed by atoms with Crippen molar-refractivity contribution in [1.82, 2.24) is 26.2 Å². The smallest absolute Gasteiger partial charge is 0.315 e. The number of carbonyl (C=O) groups is 5. The van der Waals surface area contributed by atoms with Gasteiger partial charge in [0.05, 0.1) is 22.1 Å². The first kappa shape index (κ1) is 40.4. The Morgan fingerprint density at radius 3 is 2.10 bits per heavy atom. The summed E-state index contributed by atoms with van der Waals surface area (Å²) >= 11 is 13.2. The Bertz CT molecular complexity index is 1460. The minimum absolute atomic E-state index is 0.0548. The van der Waals surface area contributed by atoms with Gasteiger partial charge in [-0.05, 0) is 51.4 Å². The molecule has 1 aliphatic heterocycles. The van der Waals surface area contributed by atoms with E-state index in [4.69, 9.17) is 23.2 Å². The molecule has 0 aromatic rings. The second kappa shape index (κ2) is 14.9. The summed E-state index contributed by atoms with van der Waals surface area (Å²) in [5, 5.41) is 11.0. The molecule has 3 saturated carbocycles. The summed E-state index contributed by atoms with van der Waals surface area (Å²) in [7, 11) is -3.59. The maximum Gasteiger partial charge on any atom is 0.315 e. The predicted molar refractivity (Wildman–Crippen MR) is 193 cm³/mol. The normalized spacial score (nSPS) is 25.6. The highest BCUT2D eigenvalue weighted by Gasteiger charge is 2.74. The number of fused-ring (bicyclic) bond motifs is 1. The lowest BCUT2D eigenvalue weighted by Gasteiger charge is -2.41. The van der Waals surface area contributed by atoms with Crippen LogP contribution >= 0.6 is 23.2 Å².